The van der Waals surface area contributed by atoms with Crippen LogP contribution in [0.4, 0.5) is 15.8 Å². The van der Waals surface area contributed by atoms with E-state index in [1.54, 1.807) is 0 Å². The quantitative estimate of drug-likeness (QED) is 0.775. The molecule has 104 valence electrons. The molecule has 5 heteroatoms. The summed E-state index contributed by atoms with van der Waals surface area (Å²) in [7, 11) is 0. The van der Waals surface area contributed by atoms with Crippen molar-refractivity contribution in [1.29, 1.82) is 0 Å². The lowest BCUT2D eigenvalue weighted by molar-refractivity contribution is 0.100. The normalized spacial score (nSPS) is 14.4. The summed E-state index contributed by atoms with van der Waals surface area (Å²) in [5.41, 5.74) is 11.6. The molecule has 0 aliphatic heterocycles. The molecule has 1 aromatic rings. The lowest BCUT2D eigenvalue weighted by Crippen LogP contribution is -2.28. The molecule has 0 bridgehead atoms. The summed E-state index contributed by atoms with van der Waals surface area (Å²) in [4.78, 5) is 13.3. The highest BCUT2D eigenvalue weighted by Gasteiger charge is 2.31. The number of nitrogen functional groups attached to an aromatic ring is 1. The van der Waals surface area contributed by atoms with Gasteiger partial charge in [0.2, 0.25) is 0 Å². The van der Waals surface area contributed by atoms with Crippen LogP contribution >= 0.6 is 0 Å². The van der Waals surface area contributed by atoms with Crippen LogP contribution in [0.15, 0.2) is 12.1 Å². The van der Waals surface area contributed by atoms with Gasteiger partial charge in [-0.2, -0.15) is 0 Å². The number of halogens is 1. The first-order valence-electron chi connectivity index (χ1n) is 6.70. The number of anilines is 2. The molecule has 0 unspecified atom stereocenters. The van der Waals surface area contributed by atoms with Crippen LogP contribution < -0.4 is 16.4 Å². The number of benzene rings is 1. The summed E-state index contributed by atoms with van der Waals surface area (Å²) in [6, 6.07) is 3.06. The van der Waals surface area contributed by atoms with Crippen molar-refractivity contribution in [1.82, 2.24) is 0 Å². The van der Waals surface area contributed by atoms with Gasteiger partial charge in [0.1, 0.15) is 5.82 Å². The lowest BCUT2D eigenvalue weighted by Gasteiger charge is -2.25. The molecule has 0 radical (unpaired) electrons. The molecule has 4 nitrogen and oxygen atoms in total. The fourth-order valence-corrected chi connectivity index (χ4v) is 2.23. The second kappa shape index (κ2) is 5.47. The third-order valence-electron chi connectivity index (χ3n) is 3.43. The number of nitrogens with zero attached hydrogens (tertiary/aromatic N) is 1. The number of carbonyl (C=O) groups excluding carboxylic acids is 1. The minimum absolute atomic E-state index is 0.0972. The molecule has 1 saturated carbocycles. The van der Waals surface area contributed by atoms with Gasteiger partial charge in [-0.25, -0.2) is 4.39 Å². The van der Waals surface area contributed by atoms with E-state index in [-0.39, 0.29) is 17.1 Å². The Bertz CT molecular complexity index is 486. The molecule has 0 atom stereocenters. The molecule has 0 spiro atoms. The molecule has 1 fully saturated rings. The number of hydrogen-bond donors (Lipinski definition) is 2. The Morgan fingerprint density at radius 3 is 2.68 bits per heavy atom. The van der Waals surface area contributed by atoms with Gasteiger partial charge in [0.15, 0.2) is 0 Å². The molecule has 2 rings (SSSR count). The van der Waals surface area contributed by atoms with Crippen LogP contribution in [-0.2, 0) is 0 Å². The van der Waals surface area contributed by atoms with Crippen molar-refractivity contribution >= 4 is 17.3 Å². The maximum atomic E-state index is 14.1. The lowest BCUT2D eigenvalue weighted by atomic mass is 10.1. The Kier molecular flexibility index (Phi) is 3.93. The number of hydrogen-bond acceptors (Lipinski definition) is 3. The first-order valence-corrected chi connectivity index (χ1v) is 6.70. The Labute approximate surface area is 112 Å². The molecule has 4 N–H and O–H groups in total. The zero-order valence-electron chi connectivity index (χ0n) is 11.2. The maximum absolute atomic E-state index is 14.1. The predicted molar refractivity (Wildman–Crippen MR) is 74.6 cm³/mol. The first kappa shape index (κ1) is 13.6. The van der Waals surface area contributed by atoms with Crippen LogP contribution in [0.5, 0.6) is 0 Å². The molecule has 0 saturated heterocycles. The first-order chi connectivity index (χ1) is 9.04. The third kappa shape index (κ3) is 2.97. The molecule has 0 heterocycles. The average Bonchev–Trinajstić information content (AvgIpc) is 3.15. The highest BCUT2D eigenvalue weighted by Crippen LogP contribution is 2.35. The average molecular weight is 265 g/mol. The second-order valence-corrected chi connectivity index (χ2v) is 5.03. The van der Waals surface area contributed by atoms with Crippen molar-refractivity contribution in [3.63, 3.8) is 0 Å². The van der Waals surface area contributed by atoms with E-state index in [0.717, 1.165) is 32.2 Å². The molecule has 19 heavy (non-hydrogen) atoms. The predicted octanol–water partition coefficient (Wildman–Crippen LogP) is 2.28. The van der Waals surface area contributed by atoms with E-state index in [1.807, 2.05) is 4.90 Å². The van der Waals surface area contributed by atoms with Crippen molar-refractivity contribution < 1.29 is 9.18 Å². The van der Waals surface area contributed by atoms with E-state index in [1.165, 1.54) is 12.1 Å². The summed E-state index contributed by atoms with van der Waals surface area (Å²) >= 11 is 0. The van der Waals surface area contributed by atoms with Crippen molar-refractivity contribution in [3.05, 3.63) is 23.5 Å². The fourth-order valence-electron chi connectivity index (χ4n) is 2.23. The van der Waals surface area contributed by atoms with Crippen LogP contribution in [0.25, 0.3) is 0 Å². The number of unbranched alkanes of at least 4 members (excludes halogenated alkanes) is 1. The highest BCUT2D eigenvalue weighted by atomic mass is 19.1. The maximum Gasteiger partial charge on any atom is 0.250 e. The zero-order valence-corrected chi connectivity index (χ0v) is 11.2. The molecular formula is C14H20FN3O. The van der Waals surface area contributed by atoms with Gasteiger partial charge in [0.25, 0.3) is 5.91 Å². The van der Waals surface area contributed by atoms with Crippen LogP contribution in [0.2, 0.25) is 0 Å². The molecule has 0 aromatic heterocycles. The van der Waals surface area contributed by atoms with Crippen molar-refractivity contribution in [3.8, 4) is 0 Å². The molecule has 1 aromatic carbocycles. The smallest absolute Gasteiger partial charge is 0.250 e. The van der Waals surface area contributed by atoms with Gasteiger partial charge >= 0.3 is 0 Å². The zero-order chi connectivity index (χ0) is 14.0. The van der Waals surface area contributed by atoms with Crippen molar-refractivity contribution in [2.45, 2.75) is 38.6 Å². The third-order valence-corrected chi connectivity index (χ3v) is 3.43. The second-order valence-electron chi connectivity index (χ2n) is 5.03. The monoisotopic (exact) mass is 265 g/mol. The Morgan fingerprint density at radius 1 is 1.47 bits per heavy atom. The van der Waals surface area contributed by atoms with Crippen LogP contribution in [0.1, 0.15) is 43.0 Å². The summed E-state index contributed by atoms with van der Waals surface area (Å²) < 4.78 is 14.1. The number of primary amides is 1. The van der Waals surface area contributed by atoms with E-state index in [4.69, 9.17) is 11.5 Å². The van der Waals surface area contributed by atoms with Gasteiger partial charge in [-0.15, -0.1) is 0 Å². The highest BCUT2D eigenvalue weighted by molar-refractivity contribution is 5.99. The number of rotatable bonds is 6. The topological polar surface area (TPSA) is 72.3 Å². The summed E-state index contributed by atoms with van der Waals surface area (Å²) in [5, 5.41) is 0. The van der Waals surface area contributed by atoms with Gasteiger partial charge in [-0.3, -0.25) is 4.79 Å². The van der Waals surface area contributed by atoms with E-state index in [9.17, 15) is 9.18 Å². The SMILES string of the molecule is CCCCN(c1cc(C(N)=O)c(N)cc1F)C1CC1. The van der Waals surface area contributed by atoms with Gasteiger partial charge in [0.05, 0.1) is 11.3 Å². The van der Waals surface area contributed by atoms with Crippen LogP contribution in [0, 0.1) is 5.82 Å². The van der Waals surface area contributed by atoms with E-state index >= 15 is 0 Å². The molecule has 1 aliphatic rings. The Hall–Kier alpha value is -1.78. The summed E-state index contributed by atoms with van der Waals surface area (Å²) in [5.74, 6) is -1.00. The Morgan fingerprint density at radius 2 is 2.16 bits per heavy atom. The largest absolute Gasteiger partial charge is 0.398 e. The van der Waals surface area contributed by atoms with Crippen LogP contribution in [-0.4, -0.2) is 18.5 Å². The summed E-state index contributed by atoms with van der Waals surface area (Å²) in [6.07, 6.45) is 4.17. The minimum atomic E-state index is -0.620. The van der Waals surface area contributed by atoms with E-state index in [0.29, 0.717) is 11.7 Å². The number of amides is 1. The molecule has 1 aliphatic carbocycles. The number of nitrogens with two attached hydrogens (primary N) is 2. The van der Waals surface area contributed by atoms with E-state index in [2.05, 4.69) is 6.92 Å². The number of carbonyl (C=O) groups is 1. The van der Waals surface area contributed by atoms with Gasteiger partial charge in [-0.1, -0.05) is 13.3 Å². The standard InChI is InChI=1S/C14H20FN3O/c1-2-3-6-18(9-4-5-9)13-7-10(14(17)19)12(16)8-11(13)15/h7-9H,2-6,16H2,1H3,(H2,17,19). The van der Waals surface area contributed by atoms with Crippen molar-refractivity contribution in [2.75, 3.05) is 17.2 Å². The summed E-state index contributed by atoms with van der Waals surface area (Å²) in [6.45, 7) is 2.89. The minimum Gasteiger partial charge on any atom is -0.398 e. The van der Waals surface area contributed by atoms with Gasteiger partial charge in [0, 0.05) is 18.3 Å². The van der Waals surface area contributed by atoms with Gasteiger partial charge < -0.3 is 16.4 Å². The molecular weight excluding hydrogens is 245 g/mol. The van der Waals surface area contributed by atoms with Gasteiger partial charge in [-0.05, 0) is 31.4 Å². The van der Waals surface area contributed by atoms with E-state index < -0.39 is 5.91 Å². The fraction of sp³-hybridized carbons (Fsp3) is 0.500. The van der Waals surface area contributed by atoms with Crippen molar-refractivity contribution in [2.24, 2.45) is 5.73 Å². The molecule has 1 amide bonds. The Balaban J connectivity index is 2.35. The van der Waals surface area contributed by atoms with Crippen LogP contribution in [0.3, 0.4) is 0 Å².